The zero-order valence-corrected chi connectivity index (χ0v) is 12.3. The molecule has 0 radical (unpaired) electrons. The number of hydrogen-bond donors (Lipinski definition) is 1. The Kier molecular flexibility index (Phi) is 3.58. The minimum Gasteiger partial charge on any atom is -0.502 e. The van der Waals surface area contributed by atoms with Crippen LogP contribution in [0.25, 0.3) is 0 Å². The molecule has 114 valence electrons. The van der Waals surface area contributed by atoms with Crippen LogP contribution in [0.4, 0.5) is 0 Å². The number of rotatable bonds is 3. The number of pyridine rings is 1. The zero-order chi connectivity index (χ0) is 15.7. The third-order valence-electron chi connectivity index (χ3n) is 3.77. The van der Waals surface area contributed by atoms with Gasteiger partial charge in [-0.15, -0.1) is 0 Å². The Labute approximate surface area is 127 Å². The molecule has 0 saturated carbocycles. The maximum Gasteiger partial charge on any atom is 0.277 e. The summed E-state index contributed by atoms with van der Waals surface area (Å²) in [6.07, 6.45) is 1.53. The summed E-state index contributed by atoms with van der Waals surface area (Å²) < 4.78 is 1.57. The van der Waals surface area contributed by atoms with E-state index >= 15 is 0 Å². The molecule has 6 heteroatoms. The van der Waals surface area contributed by atoms with Gasteiger partial charge in [0.05, 0.1) is 6.54 Å². The van der Waals surface area contributed by atoms with Gasteiger partial charge < -0.3 is 10.0 Å². The normalized spacial score (nSPS) is 14.1. The molecule has 0 atom stereocenters. The molecular formula is C16H17N3O3. The van der Waals surface area contributed by atoms with Crippen molar-refractivity contribution in [1.82, 2.24) is 9.58 Å². The molecule has 2 aromatic rings. The minimum absolute atomic E-state index is 0.0246. The molecule has 1 amide bonds. The van der Waals surface area contributed by atoms with Gasteiger partial charge in [0, 0.05) is 18.8 Å². The van der Waals surface area contributed by atoms with E-state index in [1.54, 1.807) is 9.58 Å². The molecule has 0 unspecified atom stereocenters. The van der Waals surface area contributed by atoms with E-state index in [0.717, 1.165) is 5.56 Å². The van der Waals surface area contributed by atoms with Crippen LogP contribution < -0.4 is 10.4 Å². The highest BCUT2D eigenvalue weighted by atomic mass is 16.3. The van der Waals surface area contributed by atoms with E-state index in [4.69, 9.17) is 0 Å². The molecule has 1 aliphatic rings. The van der Waals surface area contributed by atoms with Gasteiger partial charge in [0.1, 0.15) is 6.67 Å². The number of fused-ring (bicyclic) bond motifs is 1. The van der Waals surface area contributed by atoms with Crippen LogP contribution in [0, 0.1) is 0 Å². The number of aromatic nitrogens is 1. The van der Waals surface area contributed by atoms with E-state index in [1.807, 2.05) is 42.3 Å². The number of carbonyl (C=O) groups excluding carboxylic acids is 1. The Morgan fingerprint density at radius 1 is 1.14 bits per heavy atom. The summed E-state index contributed by atoms with van der Waals surface area (Å²) in [6.45, 7) is 3.35. The van der Waals surface area contributed by atoms with Gasteiger partial charge in [0.15, 0.2) is 11.4 Å². The molecule has 1 N–H and O–H groups in total. The van der Waals surface area contributed by atoms with Crippen LogP contribution in [0.5, 0.6) is 5.75 Å². The Balaban J connectivity index is 2.06. The summed E-state index contributed by atoms with van der Waals surface area (Å²) in [7, 11) is 0. The summed E-state index contributed by atoms with van der Waals surface area (Å²) in [5, 5.41) is 11.9. The molecule has 6 nitrogen and oxygen atoms in total. The molecule has 2 heterocycles. The van der Waals surface area contributed by atoms with Crippen molar-refractivity contribution >= 4 is 5.91 Å². The van der Waals surface area contributed by atoms with E-state index in [2.05, 4.69) is 0 Å². The maximum atomic E-state index is 12.4. The van der Waals surface area contributed by atoms with Gasteiger partial charge in [0.25, 0.3) is 5.91 Å². The van der Waals surface area contributed by atoms with E-state index < -0.39 is 11.2 Å². The fourth-order valence-corrected chi connectivity index (χ4v) is 2.60. The number of carbonyl (C=O) groups is 1. The minimum atomic E-state index is -0.544. The van der Waals surface area contributed by atoms with Crippen molar-refractivity contribution in [2.24, 2.45) is 0 Å². The number of aromatic hydroxyl groups is 1. The van der Waals surface area contributed by atoms with E-state index in [0.29, 0.717) is 19.8 Å². The van der Waals surface area contributed by atoms with Crippen molar-refractivity contribution < 1.29 is 9.90 Å². The topological polar surface area (TPSA) is 65.8 Å². The quantitative estimate of drug-likeness (QED) is 0.922. The maximum absolute atomic E-state index is 12.4. The van der Waals surface area contributed by atoms with Gasteiger partial charge in [-0.2, -0.15) is 0 Å². The second-order valence-electron chi connectivity index (χ2n) is 5.17. The largest absolute Gasteiger partial charge is 0.502 e. The fraction of sp³-hybridized carbons (Fsp3) is 0.250. The molecule has 0 bridgehead atoms. The van der Waals surface area contributed by atoms with Crippen LogP contribution in [-0.4, -0.2) is 33.8 Å². The molecule has 1 aromatic heterocycles. The molecule has 1 aliphatic heterocycles. The first-order valence-electron chi connectivity index (χ1n) is 7.15. The van der Waals surface area contributed by atoms with Crippen LogP contribution in [0.15, 0.2) is 47.4 Å². The lowest BCUT2D eigenvalue weighted by atomic mass is 10.2. The Morgan fingerprint density at radius 3 is 2.55 bits per heavy atom. The Bertz CT molecular complexity index is 755. The lowest BCUT2D eigenvalue weighted by molar-refractivity contribution is 0.0695. The number of benzene rings is 1. The first-order chi connectivity index (χ1) is 10.6. The smallest absolute Gasteiger partial charge is 0.277 e. The SMILES string of the molecule is CCN1CN(Cc2ccccc2)n2ccc(=O)c(O)c2C1=O. The Morgan fingerprint density at radius 2 is 1.86 bits per heavy atom. The predicted molar refractivity (Wildman–Crippen MR) is 82.3 cm³/mol. The van der Waals surface area contributed by atoms with Crippen LogP contribution in [0.2, 0.25) is 0 Å². The van der Waals surface area contributed by atoms with Crippen molar-refractivity contribution in [2.45, 2.75) is 13.5 Å². The monoisotopic (exact) mass is 299 g/mol. The summed E-state index contributed by atoms with van der Waals surface area (Å²) >= 11 is 0. The second kappa shape index (κ2) is 5.55. The van der Waals surface area contributed by atoms with Gasteiger partial charge in [-0.1, -0.05) is 30.3 Å². The van der Waals surface area contributed by atoms with Crippen molar-refractivity contribution in [3.8, 4) is 5.75 Å². The number of hydrogen-bond acceptors (Lipinski definition) is 4. The Hall–Kier alpha value is -2.76. The van der Waals surface area contributed by atoms with Crippen molar-refractivity contribution in [3.05, 3.63) is 64.1 Å². The molecule has 22 heavy (non-hydrogen) atoms. The van der Waals surface area contributed by atoms with Crippen LogP contribution >= 0.6 is 0 Å². The highest BCUT2D eigenvalue weighted by Gasteiger charge is 2.31. The molecule has 0 fully saturated rings. The average molecular weight is 299 g/mol. The average Bonchev–Trinajstić information content (AvgIpc) is 2.54. The van der Waals surface area contributed by atoms with Gasteiger partial charge in [0.2, 0.25) is 5.43 Å². The summed E-state index contributed by atoms with van der Waals surface area (Å²) in [5.74, 6) is -0.828. The van der Waals surface area contributed by atoms with Gasteiger partial charge >= 0.3 is 0 Å². The van der Waals surface area contributed by atoms with Crippen molar-refractivity contribution in [3.63, 3.8) is 0 Å². The lowest BCUT2D eigenvalue weighted by Gasteiger charge is -2.39. The highest BCUT2D eigenvalue weighted by Crippen LogP contribution is 2.20. The zero-order valence-electron chi connectivity index (χ0n) is 12.3. The number of amides is 1. The third-order valence-corrected chi connectivity index (χ3v) is 3.77. The first kappa shape index (κ1) is 14.2. The first-order valence-corrected chi connectivity index (χ1v) is 7.15. The van der Waals surface area contributed by atoms with E-state index in [9.17, 15) is 14.7 Å². The highest BCUT2D eigenvalue weighted by molar-refractivity contribution is 5.96. The van der Waals surface area contributed by atoms with Crippen LogP contribution in [-0.2, 0) is 6.54 Å². The second-order valence-corrected chi connectivity index (χ2v) is 5.17. The van der Waals surface area contributed by atoms with Crippen molar-refractivity contribution in [2.75, 3.05) is 18.2 Å². The molecule has 0 aliphatic carbocycles. The van der Waals surface area contributed by atoms with Crippen LogP contribution in [0.3, 0.4) is 0 Å². The summed E-state index contributed by atoms with van der Waals surface area (Å²) in [4.78, 5) is 25.6. The predicted octanol–water partition coefficient (Wildman–Crippen LogP) is 1.13. The van der Waals surface area contributed by atoms with Crippen molar-refractivity contribution in [1.29, 1.82) is 0 Å². The van der Waals surface area contributed by atoms with E-state index in [-0.39, 0.29) is 11.6 Å². The summed E-state index contributed by atoms with van der Waals surface area (Å²) in [5.41, 5.74) is 0.561. The molecule has 1 aromatic carbocycles. The fourth-order valence-electron chi connectivity index (χ4n) is 2.60. The van der Waals surface area contributed by atoms with Gasteiger partial charge in [-0.05, 0) is 12.5 Å². The van der Waals surface area contributed by atoms with E-state index in [1.165, 1.54) is 12.3 Å². The third kappa shape index (κ3) is 2.32. The van der Waals surface area contributed by atoms with Crippen LogP contribution in [0.1, 0.15) is 23.0 Å². The standard InChI is InChI=1S/C16H17N3O3/c1-2-17-11-18(10-12-6-4-3-5-7-12)19-9-8-13(20)15(21)14(19)16(17)22/h3-9,21H,2,10-11H2,1H3. The molecular weight excluding hydrogens is 282 g/mol. The summed E-state index contributed by atoms with van der Waals surface area (Å²) in [6, 6.07) is 11.1. The molecule has 0 spiro atoms. The number of nitrogens with zero attached hydrogens (tertiary/aromatic N) is 3. The van der Waals surface area contributed by atoms with Gasteiger partial charge in [-0.25, -0.2) is 0 Å². The molecule has 3 rings (SSSR count). The molecule has 0 saturated heterocycles. The van der Waals surface area contributed by atoms with Gasteiger partial charge in [-0.3, -0.25) is 19.3 Å². The lowest BCUT2D eigenvalue weighted by Crippen LogP contribution is -2.53.